The molecule has 0 bridgehead atoms. The smallest absolute Gasteiger partial charge is 0.0708 e. The third-order valence-corrected chi connectivity index (χ3v) is 9.76. The summed E-state index contributed by atoms with van der Waals surface area (Å²) in [7, 11) is 0. The Hall–Kier alpha value is -6.61. The first-order chi connectivity index (χ1) is 27.5. The minimum Gasteiger partial charge on any atom is -0.256 e. The quantitative estimate of drug-likeness (QED) is 0.117. The van der Waals surface area contributed by atoms with E-state index < -0.39 is 0 Å². The molecule has 0 aliphatic heterocycles. The first-order valence-corrected chi connectivity index (χ1v) is 19.3. The summed E-state index contributed by atoms with van der Waals surface area (Å²) in [6, 6.07) is 52.5. The molecule has 0 aliphatic rings. The van der Waals surface area contributed by atoms with Gasteiger partial charge >= 0.3 is 0 Å². The van der Waals surface area contributed by atoms with Gasteiger partial charge in [0, 0.05) is 39.7 Å². The van der Waals surface area contributed by atoms with Crippen LogP contribution in [0, 0.1) is 0 Å². The molecule has 0 amide bonds. The van der Waals surface area contributed by atoms with Crippen molar-refractivity contribution in [1.29, 1.82) is 0 Å². The first-order valence-electron chi connectivity index (χ1n) is 19.0. The SMILES string of the molecule is C=C(Cl)/C=C(\C=C\c1ccccc1-c1cnc(-c2ccccc2)cc1C(/C=C\C)=C/CC)c1ccccc1-c1cnc(-c2ccccc2)cc1-c1ccccc1. The maximum atomic E-state index is 6.59. The minimum absolute atomic E-state index is 0.442. The number of pyridine rings is 2. The second kappa shape index (κ2) is 18.1. The molecule has 7 aromatic rings. The van der Waals surface area contributed by atoms with Gasteiger partial charge in [0.15, 0.2) is 0 Å². The lowest BCUT2D eigenvalue weighted by Gasteiger charge is -2.17. The summed E-state index contributed by atoms with van der Waals surface area (Å²) in [5, 5.41) is 0.442. The summed E-state index contributed by atoms with van der Waals surface area (Å²) in [6.45, 7) is 8.31. The maximum absolute atomic E-state index is 6.59. The lowest BCUT2D eigenvalue weighted by molar-refractivity contribution is 1.22. The van der Waals surface area contributed by atoms with Gasteiger partial charge in [-0.15, -0.1) is 0 Å². The molecule has 0 saturated heterocycles. The molecule has 5 aromatic carbocycles. The zero-order chi connectivity index (χ0) is 38.7. The highest BCUT2D eigenvalue weighted by molar-refractivity contribution is 6.31. The lowest BCUT2D eigenvalue weighted by Crippen LogP contribution is -1.95. The summed E-state index contributed by atoms with van der Waals surface area (Å²) >= 11 is 6.59. The normalized spacial score (nSPS) is 12.1. The Morgan fingerprint density at radius 2 is 1.11 bits per heavy atom. The Kier molecular flexibility index (Phi) is 12.2. The summed E-state index contributed by atoms with van der Waals surface area (Å²) < 4.78 is 0. The van der Waals surface area contributed by atoms with E-state index in [0.717, 1.165) is 90.2 Å². The number of hydrogen-bond acceptors (Lipinski definition) is 2. The van der Waals surface area contributed by atoms with E-state index in [1.807, 2.05) is 48.8 Å². The number of rotatable bonds is 12. The van der Waals surface area contributed by atoms with Crippen LogP contribution < -0.4 is 0 Å². The van der Waals surface area contributed by atoms with Crippen molar-refractivity contribution in [1.82, 2.24) is 9.97 Å². The standard InChI is InChI=1S/C53H43ClN2/c1-4-19-39(20-5-2)48-34-52(42-24-11-7-12-25-42)55-36-50(48)45-28-16-15-23-41(45)31-32-44(33-38(3)54)46-29-17-18-30-47(46)51-37-56-53(43-26-13-8-14-27-43)35-49(51)40-21-9-6-10-22-40/h4,6-37H,3,5H2,1-2H3/b19-4-,32-31+,39-20+,44-33+. The molecule has 2 heterocycles. The van der Waals surface area contributed by atoms with Crippen LogP contribution in [-0.2, 0) is 0 Å². The van der Waals surface area contributed by atoms with Crippen LogP contribution in [0.5, 0.6) is 0 Å². The Labute approximate surface area is 336 Å². The number of benzene rings is 5. The maximum Gasteiger partial charge on any atom is 0.0708 e. The van der Waals surface area contributed by atoms with Gasteiger partial charge in [-0.05, 0) is 81.6 Å². The Morgan fingerprint density at radius 3 is 1.73 bits per heavy atom. The Bertz CT molecular complexity index is 2580. The van der Waals surface area contributed by atoms with E-state index in [4.69, 9.17) is 21.6 Å². The van der Waals surface area contributed by atoms with Crippen molar-refractivity contribution in [3.05, 3.63) is 223 Å². The fraction of sp³-hybridized carbons (Fsp3) is 0.0566. The van der Waals surface area contributed by atoms with Crippen molar-refractivity contribution in [3.63, 3.8) is 0 Å². The highest BCUT2D eigenvalue weighted by Crippen LogP contribution is 2.40. The summed E-state index contributed by atoms with van der Waals surface area (Å²) in [4.78, 5) is 9.98. The van der Waals surface area contributed by atoms with Crippen molar-refractivity contribution < 1.29 is 0 Å². The molecule has 0 saturated carbocycles. The van der Waals surface area contributed by atoms with Crippen LogP contribution in [0.3, 0.4) is 0 Å². The molecule has 3 heteroatoms. The van der Waals surface area contributed by atoms with Gasteiger partial charge in [0.1, 0.15) is 0 Å². The number of nitrogens with zero attached hydrogens (tertiary/aromatic N) is 2. The van der Waals surface area contributed by atoms with Crippen molar-refractivity contribution in [2.24, 2.45) is 0 Å². The van der Waals surface area contributed by atoms with Crippen LogP contribution in [0.4, 0.5) is 0 Å². The van der Waals surface area contributed by atoms with Gasteiger partial charge in [-0.1, -0.05) is 195 Å². The van der Waals surface area contributed by atoms with E-state index in [-0.39, 0.29) is 0 Å². The first kappa shape index (κ1) is 37.7. The number of aromatic nitrogens is 2. The molecule has 0 N–H and O–H groups in total. The third kappa shape index (κ3) is 8.68. The van der Waals surface area contributed by atoms with Gasteiger partial charge in [0.25, 0.3) is 0 Å². The van der Waals surface area contributed by atoms with E-state index in [2.05, 4.69) is 172 Å². The summed E-state index contributed by atoms with van der Waals surface area (Å²) in [5.41, 5.74) is 15.8. The van der Waals surface area contributed by atoms with Gasteiger partial charge in [0.2, 0.25) is 0 Å². The molecule has 7 rings (SSSR count). The number of halogens is 1. The fourth-order valence-corrected chi connectivity index (χ4v) is 7.18. The van der Waals surface area contributed by atoms with Crippen molar-refractivity contribution in [2.45, 2.75) is 20.3 Å². The molecule has 0 atom stereocenters. The lowest BCUT2D eigenvalue weighted by atomic mass is 9.88. The average molecular weight is 743 g/mol. The van der Waals surface area contributed by atoms with E-state index in [0.29, 0.717) is 5.03 Å². The van der Waals surface area contributed by atoms with Crippen LogP contribution in [0.2, 0.25) is 0 Å². The van der Waals surface area contributed by atoms with Gasteiger partial charge in [-0.3, -0.25) is 9.97 Å². The second-order valence-corrected chi connectivity index (χ2v) is 13.9. The van der Waals surface area contributed by atoms with Crippen LogP contribution in [0.1, 0.15) is 37.0 Å². The summed E-state index contributed by atoms with van der Waals surface area (Å²) in [6.07, 6.45) is 17.7. The molecule has 272 valence electrons. The van der Waals surface area contributed by atoms with E-state index in [1.165, 1.54) is 0 Å². The zero-order valence-corrected chi connectivity index (χ0v) is 32.5. The van der Waals surface area contributed by atoms with E-state index in [1.54, 1.807) is 0 Å². The highest BCUT2D eigenvalue weighted by atomic mass is 35.5. The van der Waals surface area contributed by atoms with Crippen molar-refractivity contribution in [3.8, 4) is 55.9 Å². The van der Waals surface area contributed by atoms with Gasteiger partial charge < -0.3 is 0 Å². The Morgan fingerprint density at radius 1 is 0.554 bits per heavy atom. The molecule has 0 spiro atoms. The summed E-state index contributed by atoms with van der Waals surface area (Å²) in [5.74, 6) is 0. The molecule has 0 aliphatic carbocycles. The minimum atomic E-state index is 0.442. The van der Waals surface area contributed by atoms with Crippen molar-refractivity contribution >= 4 is 28.8 Å². The largest absolute Gasteiger partial charge is 0.256 e. The molecule has 0 radical (unpaired) electrons. The van der Waals surface area contributed by atoms with Crippen molar-refractivity contribution in [2.75, 3.05) is 0 Å². The van der Waals surface area contributed by atoms with Gasteiger partial charge in [0.05, 0.1) is 11.4 Å². The molecule has 0 fully saturated rings. The Balaban J connectivity index is 1.35. The van der Waals surface area contributed by atoms with Crippen LogP contribution in [0.15, 0.2) is 206 Å². The van der Waals surface area contributed by atoms with E-state index >= 15 is 0 Å². The van der Waals surface area contributed by atoms with Crippen LogP contribution in [0.25, 0.3) is 73.1 Å². The predicted molar refractivity (Wildman–Crippen MR) is 241 cm³/mol. The van der Waals surface area contributed by atoms with Gasteiger partial charge in [-0.25, -0.2) is 0 Å². The topological polar surface area (TPSA) is 25.8 Å². The highest BCUT2D eigenvalue weighted by Gasteiger charge is 2.17. The third-order valence-electron chi connectivity index (χ3n) is 9.65. The zero-order valence-electron chi connectivity index (χ0n) is 31.7. The molecule has 0 unspecified atom stereocenters. The second-order valence-electron chi connectivity index (χ2n) is 13.4. The van der Waals surface area contributed by atoms with E-state index in [9.17, 15) is 0 Å². The van der Waals surface area contributed by atoms with Crippen LogP contribution >= 0.6 is 11.6 Å². The number of allylic oxidation sites excluding steroid dienone is 8. The average Bonchev–Trinajstić information content (AvgIpc) is 3.25. The van der Waals surface area contributed by atoms with Gasteiger partial charge in [-0.2, -0.15) is 0 Å². The van der Waals surface area contributed by atoms with Crippen LogP contribution in [-0.4, -0.2) is 9.97 Å². The molecular formula is C53H43ClN2. The molecule has 2 aromatic heterocycles. The molecule has 56 heavy (non-hydrogen) atoms. The fourth-order valence-electron chi connectivity index (χ4n) is 7.06. The molecule has 2 nitrogen and oxygen atoms in total. The number of hydrogen-bond donors (Lipinski definition) is 0. The molecular weight excluding hydrogens is 700 g/mol. The predicted octanol–water partition coefficient (Wildman–Crippen LogP) is 15.0. The monoisotopic (exact) mass is 742 g/mol.